The molecular weight excluding hydrogens is 371 g/mol. The van der Waals surface area contributed by atoms with E-state index >= 15 is 0 Å². The van der Waals surface area contributed by atoms with Crippen LogP contribution in [0.4, 0.5) is 0 Å². The largest absolute Gasteiger partial charge is 0.354 e. The number of aryl methyl sites for hydroxylation is 1. The first-order valence-electron chi connectivity index (χ1n) is 8.14. The van der Waals surface area contributed by atoms with Crippen molar-refractivity contribution in [1.29, 1.82) is 0 Å². The summed E-state index contributed by atoms with van der Waals surface area (Å²) in [6, 6.07) is 17.4. The van der Waals surface area contributed by atoms with Gasteiger partial charge in [-0.15, -0.1) is 24.8 Å². The molecule has 4 N–H and O–H groups in total. The van der Waals surface area contributed by atoms with E-state index in [1.165, 1.54) is 0 Å². The van der Waals surface area contributed by atoms with Crippen molar-refractivity contribution in [2.45, 2.75) is 25.3 Å². The molecule has 3 aromatic rings. The number of para-hydroxylation sites is 2. The summed E-state index contributed by atoms with van der Waals surface area (Å²) in [7, 11) is 0. The van der Waals surface area contributed by atoms with Gasteiger partial charge in [0.05, 0.1) is 11.0 Å². The number of aromatic amines is 1. The van der Waals surface area contributed by atoms with Crippen molar-refractivity contribution in [2.75, 3.05) is 6.54 Å². The SMILES string of the molecule is CC(N)(C(=O)NCCCc1nc2ccccc2[nH]1)c1ccccc1.Cl.Cl. The normalized spacial score (nSPS) is 12.5. The molecule has 0 aliphatic carbocycles. The lowest BCUT2D eigenvalue weighted by molar-refractivity contribution is -0.126. The van der Waals surface area contributed by atoms with Gasteiger partial charge in [0.2, 0.25) is 5.91 Å². The zero-order valence-corrected chi connectivity index (χ0v) is 16.2. The number of H-pyrrole nitrogens is 1. The second-order valence-electron chi connectivity index (χ2n) is 6.13. The molecule has 0 radical (unpaired) electrons. The van der Waals surface area contributed by atoms with Crippen LogP contribution in [-0.4, -0.2) is 22.4 Å². The topological polar surface area (TPSA) is 83.8 Å². The summed E-state index contributed by atoms with van der Waals surface area (Å²) in [5.74, 6) is 0.766. The van der Waals surface area contributed by atoms with Crippen LogP contribution in [0.5, 0.6) is 0 Å². The Labute approximate surface area is 165 Å². The average Bonchev–Trinajstić information content (AvgIpc) is 3.02. The van der Waals surface area contributed by atoms with Crippen molar-refractivity contribution in [3.8, 4) is 0 Å². The quantitative estimate of drug-likeness (QED) is 0.560. The molecule has 1 heterocycles. The van der Waals surface area contributed by atoms with Gasteiger partial charge in [0, 0.05) is 13.0 Å². The van der Waals surface area contributed by atoms with Gasteiger partial charge in [0.1, 0.15) is 11.4 Å². The Morgan fingerprint density at radius 2 is 1.77 bits per heavy atom. The Kier molecular flexibility index (Phi) is 8.08. The Bertz CT molecular complexity index is 801. The van der Waals surface area contributed by atoms with Gasteiger partial charge in [0.15, 0.2) is 0 Å². The Hall–Kier alpha value is -2.08. The van der Waals surface area contributed by atoms with Crippen LogP contribution in [0.3, 0.4) is 0 Å². The highest BCUT2D eigenvalue weighted by atomic mass is 35.5. The number of imidazole rings is 1. The number of hydrogen-bond acceptors (Lipinski definition) is 3. The number of aromatic nitrogens is 2. The smallest absolute Gasteiger partial charge is 0.244 e. The lowest BCUT2D eigenvalue weighted by Gasteiger charge is -2.24. The number of halogens is 2. The number of nitrogens with two attached hydrogens (primary N) is 1. The summed E-state index contributed by atoms with van der Waals surface area (Å²) in [6.07, 6.45) is 1.58. The molecule has 0 aliphatic rings. The maximum absolute atomic E-state index is 12.4. The number of nitrogens with one attached hydrogen (secondary N) is 2. The van der Waals surface area contributed by atoms with Gasteiger partial charge in [-0.1, -0.05) is 42.5 Å². The third-order valence-corrected chi connectivity index (χ3v) is 4.16. The Balaban J connectivity index is 0.00000169. The van der Waals surface area contributed by atoms with Gasteiger partial charge in [-0.25, -0.2) is 4.98 Å². The van der Waals surface area contributed by atoms with Crippen molar-refractivity contribution in [3.05, 3.63) is 66.0 Å². The molecule has 3 rings (SSSR count). The number of carbonyl (C=O) groups excluding carboxylic acids is 1. The molecule has 26 heavy (non-hydrogen) atoms. The van der Waals surface area contributed by atoms with Crippen LogP contribution in [0.1, 0.15) is 24.7 Å². The molecule has 0 aliphatic heterocycles. The minimum absolute atomic E-state index is 0. The van der Waals surface area contributed by atoms with E-state index in [1.54, 1.807) is 6.92 Å². The number of carbonyl (C=O) groups is 1. The molecule has 0 saturated carbocycles. The van der Waals surface area contributed by atoms with Gasteiger partial charge in [-0.2, -0.15) is 0 Å². The number of nitrogens with zero attached hydrogens (tertiary/aromatic N) is 1. The molecule has 0 bridgehead atoms. The molecule has 7 heteroatoms. The molecular formula is C19H24Cl2N4O. The van der Waals surface area contributed by atoms with E-state index in [0.717, 1.165) is 35.3 Å². The van der Waals surface area contributed by atoms with E-state index < -0.39 is 5.54 Å². The molecule has 0 spiro atoms. The second kappa shape index (κ2) is 9.57. The minimum atomic E-state index is -1.03. The summed E-state index contributed by atoms with van der Waals surface area (Å²) in [5.41, 5.74) is 7.98. The summed E-state index contributed by atoms with van der Waals surface area (Å²) in [6.45, 7) is 2.30. The van der Waals surface area contributed by atoms with Gasteiger partial charge in [-0.05, 0) is 31.0 Å². The molecule has 2 aromatic carbocycles. The average molecular weight is 395 g/mol. The standard InChI is InChI=1S/C19H22N4O.2ClH/c1-19(20,14-8-3-2-4-9-14)18(24)21-13-7-12-17-22-15-10-5-6-11-16(15)23-17;;/h2-6,8-11H,7,12-13,20H2,1H3,(H,21,24)(H,22,23);2*1H. The first kappa shape index (κ1) is 22.0. The fourth-order valence-corrected chi connectivity index (χ4v) is 2.68. The predicted octanol–water partition coefficient (Wildman–Crippen LogP) is 3.33. The van der Waals surface area contributed by atoms with Crippen molar-refractivity contribution < 1.29 is 4.79 Å². The van der Waals surface area contributed by atoms with Crippen LogP contribution in [0.15, 0.2) is 54.6 Å². The van der Waals surface area contributed by atoms with Gasteiger partial charge in [0.25, 0.3) is 0 Å². The highest BCUT2D eigenvalue weighted by molar-refractivity contribution is 5.87. The van der Waals surface area contributed by atoms with Gasteiger partial charge >= 0.3 is 0 Å². The van der Waals surface area contributed by atoms with Crippen molar-refractivity contribution >= 4 is 41.8 Å². The van der Waals surface area contributed by atoms with Gasteiger partial charge in [-0.3, -0.25) is 4.79 Å². The lowest BCUT2D eigenvalue weighted by Crippen LogP contribution is -2.49. The van der Waals surface area contributed by atoms with Gasteiger partial charge < -0.3 is 16.0 Å². The summed E-state index contributed by atoms with van der Waals surface area (Å²) in [5, 5.41) is 2.92. The molecule has 5 nitrogen and oxygen atoms in total. The molecule has 1 unspecified atom stereocenters. The Morgan fingerprint density at radius 1 is 1.12 bits per heavy atom. The van der Waals surface area contributed by atoms with Crippen molar-refractivity contribution in [1.82, 2.24) is 15.3 Å². The van der Waals surface area contributed by atoms with E-state index in [4.69, 9.17) is 5.73 Å². The van der Waals surface area contributed by atoms with E-state index in [0.29, 0.717) is 6.54 Å². The van der Waals surface area contributed by atoms with Crippen LogP contribution in [0, 0.1) is 0 Å². The molecule has 1 atom stereocenters. The third-order valence-electron chi connectivity index (χ3n) is 4.16. The number of rotatable bonds is 6. The number of amides is 1. The van der Waals surface area contributed by atoms with Crippen LogP contribution in [-0.2, 0) is 16.8 Å². The van der Waals surface area contributed by atoms with E-state index in [-0.39, 0.29) is 30.7 Å². The number of benzene rings is 2. The minimum Gasteiger partial charge on any atom is -0.354 e. The summed E-state index contributed by atoms with van der Waals surface area (Å²) in [4.78, 5) is 20.2. The van der Waals surface area contributed by atoms with Crippen molar-refractivity contribution in [2.24, 2.45) is 5.73 Å². The fraction of sp³-hybridized carbons (Fsp3) is 0.263. The lowest BCUT2D eigenvalue weighted by atomic mass is 9.92. The first-order valence-corrected chi connectivity index (χ1v) is 8.14. The maximum atomic E-state index is 12.4. The van der Waals surface area contributed by atoms with E-state index in [9.17, 15) is 4.79 Å². The second-order valence-corrected chi connectivity index (χ2v) is 6.13. The zero-order chi connectivity index (χ0) is 17.0. The van der Waals surface area contributed by atoms with E-state index in [1.807, 2.05) is 54.6 Å². The van der Waals surface area contributed by atoms with Crippen LogP contribution >= 0.6 is 24.8 Å². The highest BCUT2D eigenvalue weighted by Crippen LogP contribution is 2.17. The number of fused-ring (bicyclic) bond motifs is 1. The molecule has 0 saturated heterocycles. The van der Waals surface area contributed by atoms with Crippen LogP contribution in [0.2, 0.25) is 0 Å². The summed E-state index contributed by atoms with van der Waals surface area (Å²) >= 11 is 0. The molecule has 1 amide bonds. The highest BCUT2D eigenvalue weighted by Gasteiger charge is 2.29. The Morgan fingerprint density at radius 3 is 2.46 bits per heavy atom. The molecule has 140 valence electrons. The molecule has 0 fully saturated rings. The molecule has 1 aromatic heterocycles. The van der Waals surface area contributed by atoms with Crippen LogP contribution in [0.25, 0.3) is 11.0 Å². The number of hydrogen-bond donors (Lipinski definition) is 3. The zero-order valence-electron chi connectivity index (χ0n) is 14.6. The maximum Gasteiger partial charge on any atom is 0.244 e. The third kappa shape index (κ3) is 4.97. The summed E-state index contributed by atoms with van der Waals surface area (Å²) < 4.78 is 0. The fourth-order valence-electron chi connectivity index (χ4n) is 2.68. The van der Waals surface area contributed by atoms with Crippen LogP contribution < -0.4 is 11.1 Å². The monoisotopic (exact) mass is 394 g/mol. The van der Waals surface area contributed by atoms with Crippen molar-refractivity contribution in [3.63, 3.8) is 0 Å². The van der Waals surface area contributed by atoms with E-state index in [2.05, 4.69) is 15.3 Å². The first-order chi connectivity index (χ1) is 11.6. The predicted molar refractivity (Wildman–Crippen MR) is 110 cm³/mol.